The number of methoxy groups -OCH3 is 1. The Morgan fingerprint density at radius 1 is 1.40 bits per heavy atom. The first-order valence-corrected chi connectivity index (χ1v) is 6.66. The maximum Gasteiger partial charge on any atom is 0.387 e. The Hall–Kier alpha value is -1.40. The molecule has 1 aliphatic rings. The lowest BCUT2D eigenvalue weighted by atomic mass is 10.1. The summed E-state index contributed by atoms with van der Waals surface area (Å²) in [6.45, 7) is 2.98. The van der Waals surface area contributed by atoms with E-state index in [0.29, 0.717) is 11.8 Å². The normalized spacial score (nSPS) is 20.1. The van der Waals surface area contributed by atoms with Crippen molar-refractivity contribution in [2.24, 2.45) is 0 Å². The quantitative estimate of drug-likeness (QED) is 0.898. The van der Waals surface area contributed by atoms with Gasteiger partial charge in [0.1, 0.15) is 0 Å². The van der Waals surface area contributed by atoms with Crippen LogP contribution in [0.2, 0.25) is 0 Å². The van der Waals surface area contributed by atoms with Gasteiger partial charge >= 0.3 is 6.61 Å². The molecule has 1 fully saturated rings. The van der Waals surface area contributed by atoms with E-state index < -0.39 is 6.61 Å². The lowest BCUT2D eigenvalue weighted by molar-refractivity contribution is -0.0512. The van der Waals surface area contributed by atoms with E-state index in [4.69, 9.17) is 4.74 Å². The number of alkyl halides is 2. The molecule has 20 heavy (non-hydrogen) atoms. The van der Waals surface area contributed by atoms with Crippen LogP contribution >= 0.6 is 0 Å². The fourth-order valence-electron chi connectivity index (χ4n) is 2.42. The van der Waals surface area contributed by atoms with Gasteiger partial charge in [0, 0.05) is 32.2 Å². The molecule has 0 amide bonds. The summed E-state index contributed by atoms with van der Waals surface area (Å²) in [5.41, 5.74) is 1.03. The predicted molar refractivity (Wildman–Crippen MR) is 72.4 cm³/mol. The van der Waals surface area contributed by atoms with E-state index in [1.807, 2.05) is 0 Å². The van der Waals surface area contributed by atoms with Crippen LogP contribution in [0.1, 0.15) is 12.5 Å². The maximum atomic E-state index is 12.3. The SMILES string of the molecule is COc1cc(CN2CCN[C@@H](C)C2)ccc1OC(F)F. The Morgan fingerprint density at radius 2 is 2.20 bits per heavy atom. The number of halogens is 2. The third-order valence-electron chi connectivity index (χ3n) is 3.30. The monoisotopic (exact) mass is 286 g/mol. The highest BCUT2D eigenvalue weighted by Gasteiger charge is 2.17. The molecule has 1 aromatic rings. The molecule has 1 aliphatic heterocycles. The third kappa shape index (κ3) is 4.05. The molecule has 0 aliphatic carbocycles. The molecule has 0 radical (unpaired) electrons. The van der Waals surface area contributed by atoms with Crippen LogP contribution < -0.4 is 14.8 Å². The van der Waals surface area contributed by atoms with E-state index in [1.54, 1.807) is 12.1 Å². The number of piperazine rings is 1. The summed E-state index contributed by atoms with van der Waals surface area (Å²) in [4.78, 5) is 2.32. The van der Waals surface area contributed by atoms with Gasteiger partial charge in [0.2, 0.25) is 0 Å². The van der Waals surface area contributed by atoms with Gasteiger partial charge in [0.25, 0.3) is 0 Å². The minimum absolute atomic E-state index is 0.0694. The van der Waals surface area contributed by atoms with Crippen LogP contribution in [0.15, 0.2) is 18.2 Å². The molecule has 0 saturated carbocycles. The average Bonchev–Trinajstić information content (AvgIpc) is 2.40. The Bertz CT molecular complexity index is 443. The van der Waals surface area contributed by atoms with E-state index in [-0.39, 0.29) is 5.75 Å². The minimum atomic E-state index is -2.84. The summed E-state index contributed by atoms with van der Waals surface area (Å²) in [6, 6.07) is 5.55. The van der Waals surface area contributed by atoms with Gasteiger partial charge < -0.3 is 14.8 Å². The number of benzene rings is 1. The van der Waals surface area contributed by atoms with Gasteiger partial charge in [-0.1, -0.05) is 6.07 Å². The molecule has 1 aromatic carbocycles. The summed E-state index contributed by atoms with van der Waals surface area (Å²) in [5, 5.41) is 3.38. The standard InChI is InChI=1S/C14H20F2N2O2/c1-10-8-18(6-5-17-10)9-11-3-4-12(20-14(15)16)13(7-11)19-2/h3-4,7,10,14,17H,5-6,8-9H2,1-2H3/t10-/m0/s1. The van der Waals surface area contributed by atoms with Crippen LogP contribution in [0, 0.1) is 0 Å². The van der Waals surface area contributed by atoms with Crippen LogP contribution in [0.5, 0.6) is 11.5 Å². The number of hydrogen-bond acceptors (Lipinski definition) is 4. The van der Waals surface area contributed by atoms with E-state index in [0.717, 1.165) is 31.7 Å². The van der Waals surface area contributed by atoms with Crippen molar-refractivity contribution in [3.63, 3.8) is 0 Å². The number of ether oxygens (including phenoxy) is 2. The average molecular weight is 286 g/mol. The molecule has 0 bridgehead atoms. The van der Waals surface area contributed by atoms with Crippen molar-refractivity contribution in [1.29, 1.82) is 0 Å². The highest BCUT2D eigenvalue weighted by Crippen LogP contribution is 2.29. The number of rotatable bonds is 5. The van der Waals surface area contributed by atoms with Crippen LogP contribution in [-0.4, -0.2) is 44.3 Å². The Balaban J connectivity index is 2.05. The fraction of sp³-hybridized carbons (Fsp3) is 0.571. The topological polar surface area (TPSA) is 33.7 Å². The van der Waals surface area contributed by atoms with Crippen molar-refractivity contribution in [3.8, 4) is 11.5 Å². The van der Waals surface area contributed by atoms with Crippen molar-refractivity contribution < 1.29 is 18.3 Å². The lowest BCUT2D eigenvalue weighted by Gasteiger charge is -2.31. The van der Waals surface area contributed by atoms with Gasteiger partial charge in [-0.2, -0.15) is 8.78 Å². The molecule has 0 aromatic heterocycles. The van der Waals surface area contributed by atoms with Crippen molar-refractivity contribution >= 4 is 0 Å². The Labute approximate surface area is 117 Å². The van der Waals surface area contributed by atoms with E-state index in [9.17, 15) is 8.78 Å². The molecule has 4 nitrogen and oxygen atoms in total. The first-order chi connectivity index (χ1) is 9.58. The minimum Gasteiger partial charge on any atom is -0.493 e. The van der Waals surface area contributed by atoms with Gasteiger partial charge in [-0.05, 0) is 24.6 Å². The highest BCUT2D eigenvalue weighted by molar-refractivity contribution is 5.43. The van der Waals surface area contributed by atoms with Crippen LogP contribution in [0.3, 0.4) is 0 Å². The Morgan fingerprint density at radius 3 is 2.85 bits per heavy atom. The van der Waals surface area contributed by atoms with Gasteiger partial charge in [-0.15, -0.1) is 0 Å². The highest BCUT2D eigenvalue weighted by atomic mass is 19.3. The van der Waals surface area contributed by atoms with Gasteiger partial charge in [0.15, 0.2) is 11.5 Å². The molecule has 0 unspecified atom stereocenters. The van der Waals surface area contributed by atoms with Gasteiger partial charge in [0.05, 0.1) is 7.11 Å². The predicted octanol–water partition coefficient (Wildman–Crippen LogP) is 2.09. The molecule has 6 heteroatoms. The largest absolute Gasteiger partial charge is 0.493 e. The molecular weight excluding hydrogens is 266 g/mol. The van der Waals surface area contributed by atoms with Crippen LogP contribution in [0.25, 0.3) is 0 Å². The first kappa shape index (κ1) is 15.0. The van der Waals surface area contributed by atoms with Gasteiger partial charge in [-0.3, -0.25) is 4.90 Å². The number of nitrogens with zero attached hydrogens (tertiary/aromatic N) is 1. The van der Waals surface area contributed by atoms with Crippen molar-refractivity contribution in [1.82, 2.24) is 10.2 Å². The smallest absolute Gasteiger partial charge is 0.387 e. The van der Waals surface area contributed by atoms with Crippen molar-refractivity contribution in [2.45, 2.75) is 26.1 Å². The number of nitrogens with one attached hydrogen (secondary N) is 1. The fourth-order valence-corrected chi connectivity index (χ4v) is 2.42. The van der Waals surface area contributed by atoms with Crippen molar-refractivity contribution in [2.75, 3.05) is 26.7 Å². The summed E-state index contributed by atoms with van der Waals surface area (Å²) in [7, 11) is 1.45. The zero-order chi connectivity index (χ0) is 14.5. The zero-order valence-electron chi connectivity index (χ0n) is 11.7. The van der Waals surface area contributed by atoms with E-state index in [1.165, 1.54) is 13.2 Å². The second-order valence-corrected chi connectivity index (χ2v) is 4.95. The summed E-state index contributed by atoms with van der Waals surface area (Å²) in [5.74, 6) is 0.408. The summed E-state index contributed by atoms with van der Waals surface area (Å²) in [6.07, 6.45) is 0. The van der Waals surface area contributed by atoms with Gasteiger partial charge in [-0.25, -0.2) is 0 Å². The first-order valence-electron chi connectivity index (χ1n) is 6.66. The molecule has 1 atom stereocenters. The third-order valence-corrected chi connectivity index (χ3v) is 3.30. The van der Waals surface area contributed by atoms with Crippen LogP contribution in [-0.2, 0) is 6.54 Å². The lowest BCUT2D eigenvalue weighted by Crippen LogP contribution is -2.48. The number of hydrogen-bond donors (Lipinski definition) is 1. The summed E-state index contributed by atoms with van der Waals surface area (Å²) >= 11 is 0. The molecule has 2 rings (SSSR count). The summed E-state index contributed by atoms with van der Waals surface area (Å²) < 4.78 is 34.0. The maximum absolute atomic E-state index is 12.3. The van der Waals surface area contributed by atoms with E-state index in [2.05, 4.69) is 21.9 Å². The molecule has 1 heterocycles. The Kier molecular flexibility index (Phi) is 5.14. The second kappa shape index (κ2) is 6.85. The molecular formula is C14H20F2N2O2. The second-order valence-electron chi connectivity index (χ2n) is 4.95. The molecule has 0 spiro atoms. The van der Waals surface area contributed by atoms with Crippen LogP contribution in [0.4, 0.5) is 8.78 Å². The molecule has 1 N–H and O–H groups in total. The molecule has 112 valence electrons. The zero-order valence-corrected chi connectivity index (χ0v) is 11.7. The molecule has 1 saturated heterocycles. The van der Waals surface area contributed by atoms with Crippen molar-refractivity contribution in [3.05, 3.63) is 23.8 Å². The van der Waals surface area contributed by atoms with E-state index >= 15 is 0 Å².